The number of anilines is 1. The van der Waals surface area contributed by atoms with Gasteiger partial charge in [0.1, 0.15) is 5.82 Å². The largest absolute Gasteiger partial charge is 0.354 e. The molecule has 1 aromatic heterocycles. The summed E-state index contributed by atoms with van der Waals surface area (Å²) in [5.41, 5.74) is 9.56. The van der Waals surface area contributed by atoms with Crippen molar-refractivity contribution >= 4 is 28.6 Å². The highest BCUT2D eigenvalue weighted by Crippen LogP contribution is 2.24. The summed E-state index contributed by atoms with van der Waals surface area (Å²) < 4.78 is 15.4. The number of fused-ring (bicyclic) bond motifs is 1. The minimum atomic E-state index is -0.414. The molecule has 0 saturated carbocycles. The van der Waals surface area contributed by atoms with Gasteiger partial charge in [-0.1, -0.05) is 23.7 Å². The Balaban J connectivity index is 2.05. The Morgan fingerprint density at radius 2 is 2.09 bits per heavy atom. The van der Waals surface area contributed by atoms with Crippen LogP contribution >= 0.6 is 11.6 Å². The van der Waals surface area contributed by atoms with Crippen molar-refractivity contribution in [3.8, 4) is 0 Å². The SMILES string of the molecule is Cc1ccc2nc(NCCN)n(Cc3ccc(F)c(Cl)c3)c2c1. The van der Waals surface area contributed by atoms with Crippen LogP contribution < -0.4 is 11.1 Å². The van der Waals surface area contributed by atoms with Crippen molar-refractivity contribution < 1.29 is 4.39 Å². The van der Waals surface area contributed by atoms with Crippen molar-refractivity contribution in [2.75, 3.05) is 18.4 Å². The topological polar surface area (TPSA) is 55.9 Å². The van der Waals surface area contributed by atoms with E-state index in [9.17, 15) is 4.39 Å². The van der Waals surface area contributed by atoms with E-state index in [1.165, 1.54) is 6.07 Å². The molecule has 3 rings (SSSR count). The van der Waals surface area contributed by atoms with Crippen LogP contribution in [0.2, 0.25) is 5.02 Å². The molecule has 0 spiro atoms. The molecule has 1 heterocycles. The van der Waals surface area contributed by atoms with E-state index < -0.39 is 5.82 Å². The first-order valence-corrected chi connectivity index (χ1v) is 7.81. The zero-order valence-corrected chi connectivity index (χ0v) is 13.6. The Labute approximate surface area is 139 Å². The maximum absolute atomic E-state index is 13.4. The van der Waals surface area contributed by atoms with Gasteiger partial charge in [-0.3, -0.25) is 0 Å². The van der Waals surface area contributed by atoms with E-state index in [0.717, 1.165) is 28.1 Å². The number of nitrogens with two attached hydrogens (primary N) is 1. The Hall–Kier alpha value is -2.11. The lowest BCUT2D eigenvalue weighted by atomic mass is 10.2. The highest BCUT2D eigenvalue weighted by molar-refractivity contribution is 6.30. The third-order valence-corrected chi connectivity index (χ3v) is 3.95. The molecule has 0 aliphatic rings. The molecule has 4 nitrogen and oxygen atoms in total. The Kier molecular flexibility index (Phi) is 4.50. The van der Waals surface area contributed by atoms with Crippen LogP contribution in [0.1, 0.15) is 11.1 Å². The van der Waals surface area contributed by atoms with Gasteiger partial charge in [0.15, 0.2) is 0 Å². The third kappa shape index (κ3) is 3.30. The summed E-state index contributed by atoms with van der Waals surface area (Å²) in [7, 11) is 0. The minimum absolute atomic E-state index is 0.125. The van der Waals surface area contributed by atoms with Gasteiger partial charge in [0.25, 0.3) is 0 Å². The number of hydrogen-bond donors (Lipinski definition) is 2. The van der Waals surface area contributed by atoms with Gasteiger partial charge >= 0.3 is 0 Å². The van der Waals surface area contributed by atoms with E-state index >= 15 is 0 Å². The van der Waals surface area contributed by atoms with Gasteiger partial charge in [-0.2, -0.15) is 0 Å². The first kappa shape index (κ1) is 15.8. The van der Waals surface area contributed by atoms with Gasteiger partial charge < -0.3 is 15.6 Å². The molecule has 23 heavy (non-hydrogen) atoms. The number of aromatic nitrogens is 2. The molecule has 0 fully saturated rings. The number of hydrogen-bond acceptors (Lipinski definition) is 3. The van der Waals surface area contributed by atoms with E-state index in [1.807, 2.05) is 19.1 Å². The quantitative estimate of drug-likeness (QED) is 0.751. The highest BCUT2D eigenvalue weighted by atomic mass is 35.5. The van der Waals surface area contributed by atoms with Gasteiger partial charge in [0.05, 0.1) is 22.6 Å². The molecule has 0 aliphatic carbocycles. The predicted molar refractivity (Wildman–Crippen MR) is 92.5 cm³/mol. The summed E-state index contributed by atoms with van der Waals surface area (Å²) >= 11 is 5.89. The average molecular weight is 333 g/mol. The standard InChI is InChI=1S/C17H18ClFN4/c1-11-2-5-15-16(8-11)23(17(22-15)21-7-6-20)10-12-3-4-14(19)13(18)9-12/h2-5,8-9H,6-7,10,20H2,1H3,(H,21,22). The third-order valence-electron chi connectivity index (χ3n) is 3.66. The molecule has 0 aliphatic heterocycles. The molecule has 0 amide bonds. The van der Waals surface area contributed by atoms with Crippen LogP contribution in [0, 0.1) is 12.7 Å². The van der Waals surface area contributed by atoms with Crippen LogP contribution in [-0.2, 0) is 6.54 Å². The monoisotopic (exact) mass is 332 g/mol. The zero-order chi connectivity index (χ0) is 16.4. The summed E-state index contributed by atoms with van der Waals surface area (Å²) in [5.74, 6) is 0.333. The fourth-order valence-electron chi connectivity index (χ4n) is 2.53. The van der Waals surface area contributed by atoms with Crippen molar-refractivity contribution in [2.24, 2.45) is 5.73 Å². The number of nitrogens with one attached hydrogen (secondary N) is 1. The lowest BCUT2D eigenvalue weighted by Gasteiger charge is -2.11. The summed E-state index contributed by atoms with van der Waals surface area (Å²) in [5, 5.41) is 3.36. The number of imidazole rings is 1. The number of nitrogens with zero attached hydrogens (tertiary/aromatic N) is 2. The van der Waals surface area contributed by atoms with Crippen molar-refractivity contribution in [1.29, 1.82) is 0 Å². The van der Waals surface area contributed by atoms with Crippen molar-refractivity contribution in [2.45, 2.75) is 13.5 Å². The van der Waals surface area contributed by atoms with Gasteiger partial charge in [0, 0.05) is 13.1 Å². The van der Waals surface area contributed by atoms with Gasteiger partial charge in [-0.25, -0.2) is 9.37 Å². The minimum Gasteiger partial charge on any atom is -0.354 e. The second-order valence-corrected chi connectivity index (χ2v) is 5.88. The maximum Gasteiger partial charge on any atom is 0.204 e. The number of benzene rings is 2. The molecule has 0 saturated heterocycles. The van der Waals surface area contributed by atoms with Crippen LogP contribution in [0.3, 0.4) is 0 Å². The van der Waals surface area contributed by atoms with Crippen LogP contribution in [0.4, 0.5) is 10.3 Å². The first-order chi connectivity index (χ1) is 11.1. The highest BCUT2D eigenvalue weighted by Gasteiger charge is 2.12. The molecular formula is C17H18ClFN4. The lowest BCUT2D eigenvalue weighted by Crippen LogP contribution is -2.16. The second-order valence-electron chi connectivity index (χ2n) is 5.48. The number of halogens is 2. The van der Waals surface area contributed by atoms with Crippen molar-refractivity contribution in [1.82, 2.24) is 9.55 Å². The fourth-order valence-corrected chi connectivity index (χ4v) is 2.74. The molecule has 3 N–H and O–H groups in total. The molecular weight excluding hydrogens is 315 g/mol. The maximum atomic E-state index is 13.4. The van der Waals surface area contributed by atoms with E-state index in [0.29, 0.717) is 19.6 Å². The van der Waals surface area contributed by atoms with E-state index in [-0.39, 0.29) is 5.02 Å². The average Bonchev–Trinajstić information content (AvgIpc) is 2.86. The molecule has 0 radical (unpaired) electrons. The second kappa shape index (κ2) is 6.56. The van der Waals surface area contributed by atoms with E-state index in [2.05, 4.69) is 20.9 Å². The van der Waals surface area contributed by atoms with E-state index in [1.54, 1.807) is 12.1 Å². The number of rotatable bonds is 5. The van der Waals surface area contributed by atoms with Gasteiger partial charge in [-0.05, 0) is 42.3 Å². The Morgan fingerprint density at radius 1 is 1.26 bits per heavy atom. The summed E-state index contributed by atoms with van der Waals surface area (Å²) in [6.45, 7) is 3.74. The molecule has 6 heteroatoms. The molecule has 0 bridgehead atoms. The molecule has 0 atom stereocenters. The molecule has 120 valence electrons. The van der Waals surface area contributed by atoms with E-state index in [4.69, 9.17) is 17.3 Å². The van der Waals surface area contributed by atoms with Gasteiger partial charge in [-0.15, -0.1) is 0 Å². The van der Waals surface area contributed by atoms with Crippen LogP contribution in [0.15, 0.2) is 36.4 Å². The van der Waals surface area contributed by atoms with Crippen molar-refractivity contribution in [3.63, 3.8) is 0 Å². The molecule has 3 aromatic rings. The molecule has 0 unspecified atom stereocenters. The van der Waals surface area contributed by atoms with Crippen LogP contribution in [0.25, 0.3) is 11.0 Å². The van der Waals surface area contributed by atoms with Crippen LogP contribution in [0.5, 0.6) is 0 Å². The van der Waals surface area contributed by atoms with Gasteiger partial charge in [0.2, 0.25) is 5.95 Å². The normalized spacial score (nSPS) is 11.1. The summed E-state index contributed by atoms with van der Waals surface area (Å²) in [6.07, 6.45) is 0. The summed E-state index contributed by atoms with van der Waals surface area (Å²) in [4.78, 5) is 4.62. The Bertz CT molecular complexity index is 844. The van der Waals surface area contributed by atoms with Crippen LogP contribution in [-0.4, -0.2) is 22.6 Å². The lowest BCUT2D eigenvalue weighted by molar-refractivity contribution is 0.627. The first-order valence-electron chi connectivity index (χ1n) is 7.43. The fraction of sp³-hybridized carbons (Fsp3) is 0.235. The Morgan fingerprint density at radius 3 is 2.83 bits per heavy atom. The molecule has 2 aromatic carbocycles. The van der Waals surface area contributed by atoms with Crippen molar-refractivity contribution in [3.05, 3.63) is 58.4 Å². The predicted octanol–water partition coefficient (Wildman–Crippen LogP) is 3.56. The zero-order valence-electron chi connectivity index (χ0n) is 12.8. The summed E-state index contributed by atoms with van der Waals surface area (Å²) in [6, 6.07) is 10.9. The number of aryl methyl sites for hydroxylation is 1. The smallest absolute Gasteiger partial charge is 0.204 e.